The Hall–Kier alpha value is -2.19. The molecule has 0 bridgehead atoms. The van der Waals surface area contributed by atoms with Crippen LogP contribution in [0.1, 0.15) is 12.0 Å². The molecule has 0 spiro atoms. The summed E-state index contributed by atoms with van der Waals surface area (Å²) in [6, 6.07) is 11.9. The van der Waals surface area contributed by atoms with Gasteiger partial charge < -0.3 is 10.4 Å². The second-order valence-electron chi connectivity index (χ2n) is 5.03. The average Bonchev–Trinajstić information content (AvgIpc) is 2.89. The van der Waals surface area contributed by atoms with E-state index in [4.69, 9.17) is 5.11 Å². The van der Waals surface area contributed by atoms with E-state index in [2.05, 4.69) is 31.4 Å². The SMILES string of the molecule is O=C(O)CC1SC(=NN=Cc2ccc3ccccc3c2Br)NC1=O. The van der Waals surface area contributed by atoms with Gasteiger partial charge in [-0.05, 0) is 26.7 Å². The van der Waals surface area contributed by atoms with Crippen LogP contribution >= 0.6 is 27.7 Å². The minimum absolute atomic E-state index is 0.241. The molecular weight excluding hydrogens is 394 g/mol. The van der Waals surface area contributed by atoms with E-state index in [1.165, 1.54) is 0 Å². The number of fused-ring (bicyclic) bond motifs is 1. The number of halogens is 1. The van der Waals surface area contributed by atoms with Gasteiger partial charge in [0.1, 0.15) is 5.25 Å². The van der Waals surface area contributed by atoms with Crippen LogP contribution in [0, 0.1) is 0 Å². The highest BCUT2D eigenvalue weighted by atomic mass is 79.9. The van der Waals surface area contributed by atoms with E-state index < -0.39 is 11.2 Å². The lowest BCUT2D eigenvalue weighted by atomic mass is 10.1. The zero-order valence-corrected chi connectivity index (χ0v) is 14.7. The molecule has 0 aromatic heterocycles. The predicted molar refractivity (Wildman–Crippen MR) is 98.5 cm³/mol. The number of carboxylic acid groups (broad SMARTS) is 1. The zero-order chi connectivity index (χ0) is 17.1. The van der Waals surface area contributed by atoms with Gasteiger partial charge in [0.2, 0.25) is 5.91 Å². The highest BCUT2D eigenvalue weighted by Crippen LogP contribution is 2.27. The van der Waals surface area contributed by atoms with Crippen LogP contribution in [0.4, 0.5) is 0 Å². The van der Waals surface area contributed by atoms with Crippen molar-refractivity contribution in [3.05, 3.63) is 46.4 Å². The summed E-state index contributed by atoms with van der Waals surface area (Å²) in [5.41, 5.74) is 0.856. The molecule has 0 saturated carbocycles. The lowest BCUT2D eigenvalue weighted by molar-refractivity contribution is -0.138. The number of thioether (sulfide) groups is 1. The lowest BCUT2D eigenvalue weighted by Gasteiger charge is -2.03. The summed E-state index contributed by atoms with van der Waals surface area (Å²) in [6.45, 7) is 0. The van der Waals surface area contributed by atoms with Crippen LogP contribution in [0.5, 0.6) is 0 Å². The summed E-state index contributed by atoms with van der Waals surface area (Å²) >= 11 is 4.63. The van der Waals surface area contributed by atoms with Crippen LogP contribution in [0.15, 0.2) is 51.1 Å². The minimum Gasteiger partial charge on any atom is -0.481 e. The average molecular weight is 406 g/mol. The standard InChI is InChI=1S/C16H12BrN3O3S/c17-14-10(6-5-9-3-1-2-4-11(9)14)8-18-20-16-19-15(23)12(24-16)7-13(21)22/h1-6,8,12H,7H2,(H,21,22)(H,19,20,23). The van der Waals surface area contributed by atoms with E-state index in [1.54, 1.807) is 6.21 Å². The van der Waals surface area contributed by atoms with E-state index in [0.29, 0.717) is 5.17 Å². The summed E-state index contributed by atoms with van der Waals surface area (Å²) in [6.07, 6.45) is 1.34. The number of hydrogen-bond acceptors (Lipinski definition) is 5. The largest absolute Gasteiger partial charge is 0.481 e. The molecule has 8 heteroatoms. The first-order valence-corrected chi connectivity index (χ1v) is 8.69. The number of nitrogens with zero attached hydrogens (tertiary/aromatic N) is 2. The van der Waals surface area contributed by atoms with Gasteiger partial charge in [-0.1, -0.05) is 48.2 Å². The van der Waals surface area contributed by atoms with E-state index in [9.17, 15) is 9.59 Å². The van der Waals surface area contributed by atoms with Crippen molar-refractivity contribution in [2.24, 2.45) is 10.2 Å². The number of amidine groups is 1. The third-order valence-corrected chi connectivity index (χ3v) is 5.33. The highest BCUT2D eigenvalue weighted by molar-refractivity contribution is 9.10. The Balaban J connectivity index is 1.76. The molecule has 1 aliphatic rings. The van der Waals surface area contributed by atoms with Gasteiger partial charge in [0.15, 0.2) is 5.17 Å². The van der Waals surface area contributed by atoms with Gasteiger partial charge in [-0.15, -0.1) is 5.10 Å². The number of carboxylic acids is 1. The Morgan fingerprint density at radius 2 is 2.12 bits per heavy atom. The fraction of sp³-hybridized carbons (Fsp3) is 0.125. The zero-order valence-electron chi connectivity index (χ0n) is 12.3. The van der Waals surface area contributed by atoms with Crippen LogP contribution in [0.25, 0.3) is 10.8 Å². The van der Waals surface area contributed by atoms with Gasteiger partial charge >= 0.3 is 5.97 Å². The van der Waals surface area contributed by atoms with Crippen molar-refractivity contribution >= 4 is 61.7 Å². The van der Waals surface area contributed by atoms with Gasteiger partial charge in [0.25, 0.3) is 0 Å². The lowest BCUT2D eigenvalue weighted by Crippen LogP contribution is -2.26. The third-order valence-electron chi connectivity index (χ3n) is 3.38. The van der Waals surface area contributed by atoms with Gasteiger partial charge in [-0.3, -0.25) is 9.59 Å². The number of carbonyl (C=O) groups is 2. The first-order chi connectivity index (χ1) is 11.5. The molecule has 1 saturated heterocycles. The Morgan fingerprint density at radius 1 is 1.33 bits per heavy atom. The highest BCUT2D eigenvalue weighted by Gasteiger charge is 2.32. The van der Waals surface area contributed by atoms with Crippen molar-refractivity contribution < 1.29 is 14.7 Å². The monoisotopic (exact) mass is 405 g/mol. The molecule has 122 valence electrons. The fourth-order valence-electron chi connectivity index (χ4n) is 2.24. The topological polar surface area (TPSA) is 91.1 Å². The van der Waals surface area contributed by atoms with E-state index in [0.717, 1.165) is 32.6 Å². The molecule has 1 heterocycles. The summed E-state index contributed by atoms with van der Waals surface area (Å²) in [5.74, 6) is -1.38. The summed E-state index contributed by atoms with van der Waals surface area (Å²) < 4.78 is 0.913. The van der Waals surface area contributed by atoms with E-state index in [-0.39, 0.29) is 12.3 Å². The molecule has 2 aromatic carbocycles. The Kier molecular flexibility index (Phi) is 4.96. The molecule has 2 N–H and O–H groups in total. The van der Waals surface area contributed by atoms with Gasteiger partial charge in [0.05, 0.1) is 12.6 Å². The number of carbonyl (C=O) groups excluding carboxylic acids is 1. The number of rotatable bonds is 4. The maximum absolute atomic E-state index is 11.6. The number of aliphatic carboxylic acids is 1. The first kappa shape index (κ1) is 16.7. The van der Waals surface area contributed by atoms with E-state index in [1.807, 2.05) is 36.4 Å². The molecule has 1 atom stereocenters. The van der Waals surface area contributed by atoms with Crippen molar-refractivity contribution in [3.63, 3.8) is 0 Å². The minimum atomic E-state index is -1.02. The summed E-state index contributed by atoms with van der Waals surface area (Å²) in [7, 11) is 0. The van der Waals surface area contributed by atoms with Gasteiger partial charge in [0, 0.05) is 10.0 Å². The molecule has 24 heavy (non-hydrogen) atoms. The van der Waals surface area contributed by atoms with Crippen LogP contribution < -0.4 is 5.32 Å². The molecule has 1 amide bonds. The molecule has 6 nitrogen and oxygen atoms in total. The smallest absolute Gasteiger partial charge is 0.305 e. The normalized spacial score (nSPS) is 19.3. The van der Waals surface area contributed by atoms with Gasteiger partial charge in [-0.25, -0.2) is 0 Å². The molecular formula is C16H12BrN3O3S. The summed E-state index contributed by atoms with van der Waals surface area (Å²) in [4.78, 5) is 22.3. The third kappa shape index (κ3) is 3.65. The summed E-state index contributed by atoms with van der Waals surface area (Å²) in [5, 5.41) is 21.0. The van der Waals surface area contributed by atoms with Crippen LogP contribution in [-0.4, -0.2) is 33.6 Å². The maximum Gasteiger partial charge on any atom is 0.305 e. The molecule has 1 aliphatic heterocycles. The van der Waals surface area contributed by atoms with Crippen molar-refractivity contribution in [1.29, 1.82) is 0 Å². The number of hydrogen-bond donors (Lipinski definition) is 2. The number of nitrogens with one attached hydrogen (secondary N) is 1. The molecule has 3 rings (SSSR count). The van der Waals surface area contributed by atoms with Crippen LogP contribution in [0.2, 0.25) is 0 Å². The van der Waals surface area contributed by atoms with Crippen molar-refractivity contribution in [2.45, 2.75) is 11.7 Å². The van der Waals surface area contributed by atoms with Gasteiger partial charge in [-0.2, -0.15) is 5.10 Å². The molecule has 1 unspecified atom stereocenters. The molecule has 0 radical (unpaired) electrons. The van der Waals surface area contributed by atoms with Crippen molar-refractivity contribution in [2.75, 3.05) is 0 Å². The quantitative estimate of drug-likeness (QED) is 0.603. The first-order valence-electron chi connectivity index (χ1n) is 7.02. The van der Waals surface area contributed by atoms with Crippen LogP contribution in [0.3, 0.4) is 0 Å². The molecule has 2 aromatic rings. The molecule has 0 aliphatic carbocycles. The second kappa shape index (κ2) is 7.14. The number of amides is 1. The second-order valence-corrected chi connectivity index (χ2v) is 7.02. The maximum atomic E-state index is 11.6. The predicted octanol–water partition coefficient (Wildman–Crippen LogP) is 3.00. The van der Waals surface area contributed by atoms with E-state index >= 15 is 0 Å². The number of benzene rings is 2. The Bertz CT molecular complexity index is 882. The molecule has 1 fully saturated rings. The Morgan fingerprint density at radius 3 is 2.92 bits per heavy atom. The fourth-order valence-corrected chi connectivity index (χ4v) is 3.75. The van der Waals surface area contributed by atoms with Crippen LogP contribution in [-0.2, 0) is 9.59 Å². The van der Waals surface area contributed by atoms with Crippen molar-refractivity contribution in [3.8, 4) is 0 Å². The van der Waals surface area contributed by atoms with Crippen molar-refractivity contribution in [1.82, 2.24) is 5.32 Å². The Labute approximate surface area is 150 Å².